The monoisotopic (exact) mass is 419 g/mol. The zero-order valence-electron chi connectivity index (χ0n) is 14.6. The lowest BCUT2D eigenvalue weighted by molar-refractivity contribution is -0.116. The van der Waals surface area contributed by atoms with Gasteiger partial charge in [-0.3, -0.25) is 4.79 Å². The second-order valence-electron chi connectivity index (χ2n) is 6.32. The molecule has 1 N–H and O–H groups in total. The zero-order chi connectivity index (χ0) is 18.6. The van der Waals surface area contributed by atoms with Crippen LogP contribution in [0.25, 0.3) is 11.0 Å². The Kier molecular flexibility index (Phi) is 5.03. The third kappa shape index (κ3) is 4.09. The first-order valence-electron chi connectivity index (χ1n) is 8.72. The van der Waals surface area contributed by atoms with Gasteiger partial charge < -0.3 is 9.88 Å². The summed E-state index contributed by atoms with van der Waals surface area (Å²) in [6, 6.07) is 25.7. The summed E-state index contributed by atoms with van der Waals surface area (Å²) in [5.41, 5.74) is 3.80. The Hall–Kier alpha value is -2.92. The van der Waals surface area contributed by atoms with Crippen molar-refractivity contribution in [1.29, 1.82) is 0 Å². The molecule has 27 heavy (non-hydrogen) atoms. The topological polar surface area (TPSA) is 46.9 Å². The van der Waals surface area contributed by atoms with Crippen molar-refractivity contribution in [2.75, 3.05) is 5.32 Å². The van der Waals surface area contributed by atoms with Gasteiger partial charge in [0.05, 0.1) is 11.0 Å². The number of imidazole rings is 1. The number of nitrogens with one attached hydrogen (secondary N) is 1. The lowest BCUT2D eigenvalue weighted by Gasteiger charge is -2.10. The first-order valence-corrected chi connectivity index (χ1v) is 9.52. The van der Waals surface area contributed by atoms with Gasteiger partial charge in [-0.1, -0.05) is 64.5 Å². The minimum atomic E-state index is -0.0782. The van der Waals surface area contributed by atoms with E-state index in [1.54, 1.807) is 0 Å². The SMILES string of the molecule is O=C(Cn1c(Cc2ccccc2)nc2ccccc21)Nc1cccc(Br)c1. The van der Waals surface area contributed by atoms with Gasteiger partial charge in [0.1, 0.15) is 12.4 Å². The van der Waals surface area contributed by atoms with E-state index in [4.69, 9.17) is 4.98 Å². The van der Waals surface area contributed by atoms with Crippen molar-refractivity contribution in [1.82, 2.24) is 9.55 Å². The number of amides is 1. The van der Waals surface area contributed by atoms with Gasteiger partial charge in [-0.05, 0) is 35.9 Å². The molecule has 3 aromatic carbocycles. The van der Waals surface area contributed by atoms with E-state index in [1.807, 2.05) is 71.3 Å². The van der Waals surface area contributed by atoms with Gasteiger partial charge in [-0.2, -0.15) is 0 Å². The summed E-state index contributed by atoms with van der Waals surface area (Å²) in [7, 11) is 0. The highest BCUT2D eigenvalue weighted by atomic mass is 79.9. The van der Waals surface area contributed by atoms with Gasteiger partial charge in [-0.25, -0.2) is 4.98 Å². The number of carbonyl (C=O) groups excluding carboxylic acids is 1. The van der Waals surface area contributed by atoms with E-state index in [9.17, 15) is 4.79 Å². The quantitative estimate of drug-likeness (QED) is 0.493. The molecule has 0 bridgehead atoms. The third-order valence-electron chi connectivity index (χ3n) is 4.35. The smallest absolute Gasteiger partial charge is 0.244 e. The van der Waals surface area contributed by atoms with E-state index in [-0.39, 0.29) is 12.5 Å². The Morgan fingerprint density at radius 3 is 2.56 bits per heavy atom. The molecule has 0 saturated carbocycles. The number of benzene rings is 3. The molecule has 0 radical (unpaired) electrons. The van der Waals surface area contributed by atoms with E-state index in [2.05, 4.69) is 33.4 Å². The molecule has 0 unspecified atom stereocenters. The van der Waals surface area contributed by atoms with E-state index in [0.29, 0.717) is 6.42 Å². The van der Waals surface area contributed by atoms with Crippen LogP contribution in [0.5, 0.6) is 0 Å². The van der Waals surface area contributed by atoms with E-state index < -0.39 is 0 Å². The highest BCUT2D eigenvalue weighted by Gasteiger charge is 2.14. The maximum Gasteiger partial charge on any atom is 0.244 e. The van der Waals surface area contributed by atoms with Crippen LogP contribution < -0.4 is 5.32 Å². The molecule has 134 valence electrons. The summed E-state index contributed by atoms with van der Waals surface area (Å²) in [6.45, 7) is 0.217. The fraction of sp³-hybridized carbons (Fsp3) is 0.0909. The first-order chi connectivity index (χ1) is 13.2. The summed E-state index contributed by atoms with van der Waals surface area (Å²) in [5.74, 6) is 0.803. The molecule has 0 aliphatic rings. The number of hydrogen-bond acceptors (Lipinski definition) is 2. The maximum absolute atomic E-state index is 12.7. The number of hydrogen-bond donors (Lipinski definition) is 1. The molecule has 0 aliphatic carbocycles. The van der Waals surface area contributed by atoms with Gasteiger partial charge in [0.15, 0.2) is 0 Å². The standard InChI is InChI=1S/C22H18BrN3O/c23-17-9-6-10-18(14-17)24-22(27)15-26-20-12-5-4-11-19(20)25-21(26)13-16-7-2-1-3-8-16/h1-12,14H,13,15H2,(H,24,27). The van der Waals surface area contributed by atoms with Crippen molar-refractivity contribution in [2.24, 2.45) is 0 Å². The highest BCUT2D eigenvalue weighted by Crippen LogP contribution is 2.20. The Morgan fingerprint density at radius 2 is 1.74 bits per heavy atom. The fourth-order valence-electron chi connectivity index (χ4n) is 3.13. The van der Waals surface area contributed by atoms with Crippen molar-refractivity contribution < 1.29 is 4.79 Å². The third-order valence-corrected chi connectivity index (χ3v) is 4.84. The van der Waals surface area contributed by atoms with Gasteiger partial charge in [-0.15, -0.1) is 0 Å². The van der Waals surface area contributed by atoms with E-state index in [1.165, 1.54) is 5.56 Å². The number of aromatic nitrogens is 2. The molecule has 1 amide bonds. The number of fused-ring (bicyclic) bond motifs is 1. The molecular formula is C22H18BrN3O. The molecule has 1 aromatic heterocycles. The minimum absolute atomic E-state index is 0.0782. The van der Waals surface area contributed by atoms with Crippen molar-refractivity contribution in [3.8, 4) is 0 Å². The maximum atomic E-state index is 12.7. The normalized spacial score (nSPS) is 10.9. The van der Waals surface area contributed by atoms with Crippen LogP contribution in [0.15, 0.2) is 83.3 Å². The van der Waals surface area contributed by atoms with Gasteiger partial charge in [0.25, 0.3) is 0 Å². The van der Waals surface area contributed by atoms with Crippen LogP contribution in [-0.4, -0.2) is 15.5 Å². The summed E-state index contributed by atoms with van der Waals surface area (Å²) < 4.78 is 2.92. The van der Waals surface area contributed by atoms with Crippen LogP contribution in [0, 0.1) is 0 Å². The Morgan fingerprint density at radius 1 is 0.963 bits per heavy atom. The van der Waals surface area contributed by atoms with Crippen LogP contribution in [0.3, 0.4) is 0 Å². The highest BCUT2D eigenvalue weighted by molar-refractivity contribution is 9.10. The lowest BCUT2D eigenvalue weighted by atomic mass is 10.1. The molecule has 0 saturated heterocycles. The molecule has 0 atom stereocenters. The molecule has 0 spiro atoms. The number of para-hydroxylation sites is 2. The zero-order valence-corrected chi connectivity index (χ0v) is 16.2. The molecule has 1 heterocycles. The summed E-state index contributed by atoms with van der Waals surface area (Å²) in [4.78, 5) is 17.4. The minimum Gasteiger partial charge on any atom is -0.324 e. The second kappa shape index (κ2) is 7.76. The Labute approximate surface area is 166 Å². The Balaban J connectivity index is 1.63. The van der Waals surface area contributed by atoms with Crippen molar-refractivity contribution in [3.05, 3.63) is 94.7 Å². The molecule has 5 heteroatoms. The number of halogens is 1. The number of nitrogens with zero attached hydrogens (tertiary/aromatic N) is 2. The largest absolute Gasteiger partial charge is 0.324 e. The number of carbonyl (C=O) groups is 1. The molecule has 4 rings (SSSR count). The Bertz CT molecular complexity index is 1090. The molecule has 0 fully saturated rings. The average molecular weight is 420 g/mol. The van der Waals surface area contributed by atoms with Crippen molar-refractivity contribution in [3.63, 3.8) is 0 Å². The lowest BCUT2D eigenvalue weighted by Crippen LogP contribution is -2.20. The van der Waals surface area contributed by atoms with Crippen LogP contribution in [0.1, 0.15) is 11.4 Å². The van der Waals surface area contributed by atoms with Gasteiger partial charge in [0.2, 0.25) is 5.91 Å². The van der Waals surface area contributed by atoms with Crippen molar-refractivity contribution in [2.45, 2.75) is 13.0 Å². The second-order valence-corrected chi connectivity index (χ2v) is 7.24. The molecule has 0 aliphatic heterocycles. The predicted octanol–water partition coefficient (Wildman–Crippen LogP) is 5.03. The van der Waals surface area contributed by atoms with E-state index in [0.717, 1.165) is 27.0 Å². The number of rotatable bonds is 5. The van der Waals surface area contributed by atoms with Crippen LogP contribution in [0.2, 0.25) is 0 Å². The average Bonchev–Trinajstić information content (AvgIpc) is 3.00. The summed E-state index contributed by atoms with van der Waals surface area (Å²) >= 11 is 3.43. The van der Waals surface area contributed by atoms with E-state index >= 15 is 0 Å². The van der Waals surface area contributed by atoms with Crippen LogP contribution in [-0.2, 0) is 17.8 Å². The first kappa shape index (κ1) is 17.5. The summed E-state index contributed by atoms with van der Waals surface area (Å²) in [6.07, 6.45) is 0.680. The summed E-state index contributed by atoms with van der Waals surface area (Å²) in [5, 5.41) is 2.96. The van der Waals surface area contributed by atoms with Crippen LogP contribution in [0.4, 0.5) is 5.69 Å². The molecule has 4 nitrogen and oxygen atoms in total. The predicted molar refractivity (Wildman–Crippen MR) is 112 cm³/mol. The number of anilines is 1. The van der Waals surface area contributed by atoms with Crippen LogP contribution >= 0.6 is 15.9 Å². The molecular weight excluding hydrogens is 402 g/mol. The van der Waals surface area contributed by atoms with Crippen molar-refractivity contribution >= 4 is 38.6 Å². The van der Waals surface area contributed by atoms with Gasteiger partial charge in [0, 0.05) is 16.6 Å². The van der Waals surface area contributed by atoms with Gasteiger partial charge >= 0.3 is 0 Å². The fourth-order valence-corrected chi connectivity index (χ4v) is 3.52. The molecule has 4 aromatic rings.